The minimum absolute atomic E-state index is 0.0737. The highest BCUT2D eigenvalue weighted by atomic mass is 32.1. The van der Waals surface area contributed by atoms with E-state index in [1.807, 2.05) is 35.7 Å². The van der Waals surface area contributed by atoms with Crippen LogP contribution in [0.3, 0.4) is 0 Å². The molecule has 0 amide bonds. The van der Waals surface area contributed by atoms with E-state index in [0.717, 1.165) is 11.3 Å². The van der Waals surface area contributed by atoms with Gasteiger partial charge in [0.2, 0.25) is 0 Å². The fourth-order valence-corrected chi connectivity index (χ4v) is 3.15. The predicted octanol–water partition coefficient (Wildman–Crippen LogP) is 3.20. The molecule has 6 nitrogen and oxygen atoms in total. The van der Waals surface area contributed by atoms with Crippen LogP contribution in [0.25, 0.3) is 16.9 Å². The zero-order valence-corrected chi connectivity index (χ0v) is 13.9. The molecule has 2 heterocycles. The van der Waals surface area contributed by atoms with Crippen molar-refractivity contribution in [2.75, 3.05) is 5.73 Å². The van der Waals surface area contributed by atoms with Crippen LogP contribution < -0.4 is 5.73 Å². The van der Waals surface area contributed by atoms with Crippen LogP contribution in [0, 0.1) is 0 Å². The summed E-state index contributed by atoms with van der Waals surface area (Å²) in [5.41, 5.74) is 9.17. The number of nitrogens with two attached hydrogens (primary N) is 1. The van der Waals surface area contributed by atoms with Gasteiger partial charge in [-0.05, 0) is 12.1 Å². The molecule has 7 heteroatoms. The van der Waals surface area contributed by atoms with Crippen LogP contribution in [0.1, 0.15) is 15.9 Å². The maximum absolute atomic E-state index is 12.9. The van der Waals surface area contributed by atoms with Gasteiger partial charge in [0.1, 0.15) is 0 Å². The highest BCUT2D eigenvalue weighted by molar-refractivity contribution is 7.13. The second kappa shape index (κ2) is 6.29. The third-order valence-corrected chi connectivity index (χ3v) is 4.44. The molecule has 0 fully saturated rings. The number of hydrogen-bond acceptors (Lipinski definition) is 6. The summed E-state index contributed by atoms with van der Waals surface area (Å²) in [6.07, 6.45) is 3.28. The molecule has 2 N–H and O–H groups in total. The van der Waals surface area contributed by atoms with E-state index in [4.69, 9.17) is 5.73 Å². The van der Waals surface area contributed by atoms with Crippen LogP contribution >= 0.6 is 11.3 Å². The van der Waals surface area contributed by atoms with Crippen LogP contribution in [-0.2, 0) is 0 Å². The SMILES string of the molecule is Nc1nc(-c2ccc(C(=O)c3ccccc3)c(-n3ccnn3)c2)cs1. The lowest BCUT2D eigenvalue weighted by Crippen LogP contribution is -2.08. The Hall–Kier alpha value is -3.32. The Balaban J connectivity index is 1.85. The molecular formula is C18H13N5OS. The van der Waals surface area contributed by atoms with Gasteiger partial charge in [0.05, 0.1) is 23.8 Å². The zero-order chi connectivity index (χ0) is 17.2. The van der Waals surface area contributed by atoms with Gasteiger partial charge in [0, 0.05) is 22.1 Å². The molecule has 0 saturated heterocycles. The van der Waals surface area contributed by atoms with E-state index < -0.39 is 0 Å². The molecule has 0 atom stereocenters. The Bertz CT molecular complexity index is 1020. The van der Waals surface area contributed by atoms with E-state index in [1.54, 1.807) is 35.3 Å². The van der Waals surface area contributed by atoms with E-state index in [9.17, 15) is 4.79 Å². The van der Waals surface area contributed by atoms with E-state index in [2.05, 4.69) is 15.3 Å². The van der Waals surface area contributed by atoms with Crippen molar-refractivity contribution in [1.29, 1.82) is 0 Å². The molecule has 0 saturated carbocycles. The zero-order valence-electron chi connectivity index (χ0n) is 13.0. The molecule has 0 aliphatic carbocycles. The van der Waals surface area contributed by atoms with Crippen molar-refractivity contribution in [2.45, 2.75) is 0 Å². The first-order valence-corrected chi connectivity index (χ1v) is 8.42. The monoisotopic (exact) mass is 347 g/mol. The summed E-state index contributed by atoms with van der Waals surface area (Å²) in [5, 5.41) is 10.3. The van der Waals surface area contributed by atoms with Crippen molar-refractivity contribution in [3.8, 4) is 16.9 Å². The molecule has 0 aliphatic heterocycles. The summed E-state index contributed by atoms with van der Waals surface area (Å²) < 4.78 is 1.58. The number of carbonyl (C=O) groups excluding carboxylic acids is 1. The molecule has 0 aliphatic rings. The standard InChI is InChI=1S/C18H13N5OS/c19-18-21-15(11-25-18)13-6-7-14(16(10-13)23-9-8-20-22-23)17(24)12-4-2-1-3-5-12/h1-11H,(H2,19,21). The molecule has 4 rings (SSSR count). The first kappa shape index (κ1) is 15.2. The fourth-order valence-electron chi connectivity index (χ4n) is 2.57. The van der Waals surface area contributed by atoms with Crippen LogP contribution in [0.5, 0.6) is 0 Å². The third kappa shape index (κ3) is 2.92. The largest absolute Gasteiger partial charge is 0.375 e. The Labute approximate surface area is 147 Å². The number of ketones is 1. The van der Waals surface area contributed by atoms with Gasteiger partial charge in [-0.1, -0.05) is 41.6 Å². The van der Waals surface area contributed by atoms with Crippen LogP contribution in [0.4, 0.5) is 5.13 Å². The number of carbonyl (C=O) groups is 1. The van der Waals surface area contributed by atoms with Gasteiger partial charge in [0.25, 0.3) is 0 Å². The van der Waals surface area contributed by atoms with Crippen molar-refractivity contribution in [3.63, 3.8) is 0 Å². The average molecular weight is 347 g/mol. The Morgan fingerprint density at radius 2 is 1.96 bits per heavy atom. The summed E-state index contributed by atoms with van der Waals surface area (Å²) in [5.74, 6) is -0.0737. The summed E-state index contributed by atoms with van der Waals surface area (Å²) in [7, 11) is 0. The minimum Gasteiger partial charge on any atom is -0.375 e. The molecular weight excluding hydrogens is 334 g/mol. The maximum Gasteiger partial charge on any atom is 0.195 e. The third-order valence-electron chi connectivity index (χ3n) is 3.77. The van der Waals surface area contributed by atoms with Crippen LogP contribution in [0.15, 0.2) is 66.3 Å². The molecule has 4 aromatic rings. The van der Waals surface area contributed by atoms with Crippen LogP contribution in [0.2, 0.25) is 0 Å². The van der Waals surface area contributed by atoms with Crippen molar-refractivity contribution in [1.82, 2.24) is 20.0 Å². The highest BCUT2D eigenvalue weighted by Crippen LogP contribution is 2.28. The molecule has 2 aromatic carbocycles. The summed E-state index contributed by atoms with van der Waals surface area (Å²) in [6, 6.07) is 14.7. The molecule has 0 bridgehead atoms. The van der Waals surface area contributed by atoms with E-state index in [1.165, 1.54) is 11.3 Å². The normalized spacial score (nSPS) is 10.7. The number of nitrogen functional groups attached to an aromatic ring is 1. The molecule has 25 heavy (non-hydrogen) atoms. The van der Waals surface area contributed by atoms with Crippen molar-refractivity contribution >= 4 is 22.3 Å². The summed E-state index contributed by atoms with van der Waals surface area (Å²) in [4.78, 5) is 17.2. The quantitative estimate of drug-likeness (QED) is 0.573. The Kier molecular flexibility index (Phi) is 3.83. The van der Waals surface area contributed by atoms with Gasteiger partial charge in [-0.25, -0.2) is 9.67 Å². The Morgan fingerprint density at radius 3 is 2.64 bits per heavy atom. The lowest BCUT2D eigenvalue weighted by molar-refractivity contribution is 0.103. The van der Waals surface area contributed by atoms with Crippen molar-refractivity contribution in [2.24, 2.45) is 0 Å². The lowest BCUT2D eigenvalue weighted by Gasteiger charge is -2.10. The first-order valence-electron chi connectivity index (χ1n) is 7.54. The van der Waals surface area contributed by atoms with Gasteiger partial charge >= 0.3 is 0 Å². The number of hydrogen-bond donors (Lipinski definition) is 1. The van der Waals surface area contributed by atoms with Gasteiger partial charge < -0.3 is 5.73 Å². The second-order valence-electron chi connectivity index (χ2n) is 5.35. The van der Waals surface area contributed by atoms with Gasteiger partial charge in [-0.3, -0.25) is 4.79 Å². The number of anilines is 1. The highest BCUT2D eigenvalue weighted by Gasteiger charge is 2.17. The van der Waals surface area contributed by atoms with E-state index >= 15 is 0 Å². The number of thiazole rings is 1. The topological polar surface area (TPSA) is 86.7 Å². The number of rotatable bonds is 4. The molecule has 0 unspecified atom stereocenters. The van der Waals surface area contributed by atoms with Crippen LogP contribution in [-0.4, -0.2) is 25.8 Å². The molecule has 0 spiro atoms. The summed E-state index contributed by atoms with van der Waals surface area (Å²) in [6.45, 7) is 0. The van der Waals surface area contributed by atoms with E-state index in [-0.39, 0.29) is 5.78 Å². The van der Waals surface area contributed by atoms with Gasteiger partial charge in [0.15, 0.2) is 10.9 Å². The average Bonchev–Trinajstić information content (AvgIpc) is 3.33. The Morgan fingerprint density at radius 1 is 1.12 bits per heavy atom. The number of aromatic nitrogens is 4. The second-order valence-corrected chi connectivity index (χ2v) is 6.24. The number of nitrogens with zero attached hydrogens (tertiary/aromatic N) is 4. The van der Waals surface area contributed by atoms with E-state index in [0.29, 0.717) is 21.9 Å². The molecule has 0 radical (unpaired) electrons. The first-order chi connectivity index (χ1) is 12.2. The predicted molar refractivity (Wildman–Crippen MR) is 96.8 cm³/mol. The number of benzene rings is 2. The smallest absolute Gasteiger partial charge is 0.195 e. The summed E-state index contributed by atoms with van der Waals surface area (Å²) >= 11 is 1.37. The molecule has 2 aromatic heterocycles. The van der Waals surface area contributed by atoms with Gasteiger partial charge in [-0.15, -0.1) is 16.4 Å². The molecule has 122 valence electrons. The van der Waals surface area contributed by atoms with Gasteiger partial charge in [-0.2, -0.15) is 0 Å². The minimum atomic E-state index is -0.0737. The van der Waals surface area contributed by atoms with Crippen molar-refractivity contribution in [3.05, 3.63) is 77.4 Å². The van der Waals surface area contributed by atoms with Crippen molar-refractivity contribution < 1.29 is 4.79 Å². The fraction of sp³-hybridized carbons (Fsp3) is 0. The maximum atomic E-state index is 12.9. The lowest BCUT2D eigenvalue weighted by atomic mass is 9.99.